The maximum absolute atomic E-state index is 4.96. The monoisotopic (exact) mass is 261 g/mol. The largest absolute Gasteiger partial charge is 0.379 e. The van der Waals surface area contributed by atoms with Gasteiger partial charge in [-0.1, -0.05) is 0 Å². The van der Waals surface area contributed by atoms with E-state index in [2.05, 4.69) is 21.0 Å². The lowest BCUT2D eigenvalue weighted by atomic mass is 10.4. The number of hydrogen-bond donors (Lipinski definition) is 0. The van der Waals surface area contributed by atoms with E-state index in [9.17, 15) is 0 Å². The topological polar surface area (TPSA) is 9.23 Å². The van der Waals surface area contributed by atoms with Gasteiger partial charge in [-0.05, 0) is 6.92 Å². The average Bonchev–Trinajstić information content (AvgIpc) is 1.84. The van der Waals surface area contributed by atoms with Gasteiger partial charge in [-0.25, -0.2) is 0 Å². The molecule has 0 saturated heterocycles. The molecule has 0 saturated carbocycles. The van der Waals surface area contributed by atoms with Crippen LogP contribution in [-0.2, 0) is 4.74 Å². The highest BCUT2D eigenvalue weighted by molar-refractivity contribution is 4.27. The third kappa shape index (κ3) is 6.77. The van der Waals surface area contributed by atoms with E-state index in [0.717, 1.165) is 17.6 Å². The molecule has 0 aromatic heterocycles. The van der Waals surface area contributed by atoms with Gasteiger partial charge in [0.25, 0.3) is 0 Å². The third-order valence-electron chi connectivity index (χ3n) is 1.76. The second-order valence-corrected chi connectivity index (χ2v) is 2.97. The first-order valence-electron chi connectivity index (χ1n) is 3.43. The maximum Gasteiger partial charge on any atom is 0.235 e. The normalized spacial score (nSPS) is 10.8. The van der Waals surface area contributed by atoms with Crippen LogP contribution in [0.2, 0.25) is 0 Å². The van der Waals surface area contributed by atoms with Crippen molar-refractivity contribution in [1.29, 1.82) is 0 Å². The summed E-state index contributed by atoms with van der Waals surface area (Å²) < 4.78 is 6.01. The quantitative estimate of drug-likeness (QED) is 0.392. The number of methoxy groups -OCH3 is 1. The molecule has 0 aromatic carbocycles. The molecule has 64 valence electrons. The Balaban J connectivity index is 0. The van der Waals surface area contributed by atoms with Crippen LogP contribution in [-0.4, -0.2) is 45.4 Å². The fourth-order valence-electron chi connectivity index (χ4n) is 0.497. The summed E-state index contributed by atoms with van der Waals surface area (Å²) in [6.45, 7) is 5.33. The summed E-state index contributed by atoms with van der Waals surface area (Å²) in [5.74, 6) is 0. The number of halogens is 1. The second kappa shape index (κ2) is 6.37. The van der Waals surface area contributed by atoms with E-state index in [1.165, 1.54) is 6.54 Å². The third-order valence-corrected chi connectivity index (χ3v) is 1.76. The van der Waals surface area contributed by atoms with Crippen LogP contribution in [0.4, 0.5) is 0 Å². The molecule has 0 spiro atoms. The summed E-state index contributed by atoms with van der Waals surface area (Å²) in [6, 6.07) is 0. The molecule has 0 aromatic rings. The van der Waals surface area contributed by atoms with Crippen molar-refractivity contribution in [3.8, 4) is 0 Å². The van der Waals surface area contributed by atoms with Gasteiger partial charge in [-0.15, -0.1) is 0 Å². The van der Waals surface area contributed by atoms with E-state index < -0.39 is 0 Å². The Hall–Kier alpha value is 0.650. The van der Waals surface area contributed by atoms with E-state index >= 15 is 0 Å². The highest BCUT2D eigenvalue weighted by Crippen LogP contribution is 1.93. The second-order valence-electron chi connectivity index (χ2n) is 2.97. The molecule has 0 radical (unpaired) electrons. The van der Waals surface area contributed by atoms with Crippen molar-refractivity contribution in [2.24, 2.45) is 0 Å². The van der Waals surface area contributed by atoms with Crippen LogP contribution in [0, 0.1) is 0 Å². The molecule has 0 atom stereocenters. The molecule has 0 N–H and O–H groups in total. The first-order valence-corrected chi connectivity index (χ1v) is 3.43. The lowest BCUT2D eigenvalue weighted by molar-refractivity contribution is -0.888. The number of quaternary nitrogens is 1. The van der Waals surface area contributed by atoms with E-state index in [1.54, 1.807) is 7.11 Å². The Morgan fingerprint density at radius 1 is 1.30 bits per heavy atom. The summed E-state index contributed by atoms with van der Waals surface area (Å²) in [7, 11) is 6.16. The van der Waals surface area contributed by atoms with Gasteiger partial charge in [0.05, 0.1) is 27.2 Å². The standard InChI is InChI=1S/C7H18NO.H2I/c1-5-8(2,3)6-7-9-4;/h5-7H2,1-4H3;1H2/q2*+1. The van der Waals surface area contributed by atoms with Gasteiger partial charge in [0, 0.05) is 7.11 Å². The molecule has 0 aliphatic heterocycles. The summed E-state index contributed by atoms with van der Waals surface area (Å²) in [4.78, 5) is 0. The van der Waals surface area contributed by atoms with Crippen LogP contribution in [0.1, 0.15) is 6.92 Å². The Kier molecular flexibility index (Phi) is 8.44. The Morgan fingerprint density at radius 3 is 2.10 bits per heavy atom. The number of rotatable bonds is 4. The Morgan fingerprint density at radius 2 is 1.80 bits per heavy atom. The van der Waals surface area contributed by atoms with Crippen molar-refractivity contribution in [1.82, 2.24) is 0 Å². The first kappa shape index (κ1) is 13.3. The predicted octanol–water partition coefficient (Wildman–Crippen LogP) is -2.80. The fraction of sp³-hybridized carbons (Fsp3) is 1.00. The summed E-state index contributed by atoms with van der Waals surface area (Å²) in [6.07, 6.45) is 0. The first-order chi connectivity index (χ1) is 4.12. The van der Waals surface area contributed by atoms with Gasteiger partial charge in [-0.2, -0.15) is 0 Å². The zero-order valence-corrected chi connectivity index (χ0v) is 9.98. The molecule has 0 bridgehead atoms. The minimum absolute atomic E-state index is 0. The van der Waals surface area contributed by atoms with Gasteiger partial charge in [0.1, 0.15) is 6.54 Å². The lowest BCUT2D eigenvalue weighted by Crippen LogP contribution is -3.00. The number of likely N-dealkylation sites (N-methyl/N-ethyl adjacent to an activating group) is 1. The predicted molar refractivity (Wildman–Crippen MR) is 42.2 cm³/mol. The summed E-state index contributed by atoms with van der Waals surface area (Å²) >= 11 is 0. The summed E-state index contributed by atoms with van der Waals surface area (Å²) in [5.41, 5.74) is 0. The zero-order chi connectivity index (χ0) is 7.33. The molecular formula is C7H20INO+2. The molecule has 0 unspecified atom stereocenters. The van der Waals surface area contributed by atoms with Crippen LogP contribution in [0.3, 0.4) is 0 Å². The highest BCUT2D eigenvalue weighted by atomic mass is 127. The SMILES string of the molecule is CC[N+](C)(C)CCOC.[IH2+]. The molecule has 0 amide bonds. The van der Waals surface area contributed by atoms with Crippen molar-refractivity contribution < 1.29 is 33.2 Å². The van der Waals surface area contributed by atoms with Gasteiger partial charge >= 0.3 is 0 Å². The van der Waals surface area contributed by atoms with E-state index in [1.807, 2.05) is 0 Å². The Labute approximate surface area is 81.2 Å². The minimum atomic E-state index is 0. The average molecular weight is 261 g/mol. The van der Waals surface area contributed by atoms with E-state index in [0.29, 0.717) is 0 Å². The molecule has 0 heterocycles. The van der Waals surface area contributed by atoms with Gasteiger partial charge in [-0.3, -0.25) is 0 Å². The maximum atomic E-state index is 4.96. The lowest BCUT2D eigenvalue weighted by Gasteiger charge is -2.27. The van der Waals surface area contributed by atoms with Gasteiger partial charge < -0.3 is 9.22 Å². The van der Waals surface area contributed by atoms with Gasteiger partial charge in [0.2, 0.25) is 24.0 Å². The number of nitrogens with zero attached hydrogens (tertiary/aromatic N) is 1. The molecule has 10 heavy (non-hydrogen) atoms. The summed E-state index contributed by atoms with van der Waals surface area (Å²) in [5, 5.41) is 0. The van der Waals surface area contributed by atoms with Crippen LogP contribution in [0.15, 0.2) is 0 Å². The molecule has 3 heteroatoms. The molecule has 0 aliphatic rings. The van der Waals surface area contributed by atoms with Gasteiger partial charge in [0.15, 0.2) is 0 Å². The molecule has 2 nitrogen and oxygen atoms in total. The molecule has 0 aliphatic carbocycles. The highest BCUT2D eigenvalue weighted by Gasteiger charge is 2.09. The van der Waals surface area contributed by atoms with Crippen molar-refractivity contribution in [3.05, 3.63) is 0 Å². The fourth-order valence-corrected chi connectivity index (χ4v) is 0.497. The van der Waals surface area contributed by atoms with Crippen LogP contribution in [0.25, 0.3) is 0 Å². The molecular weight excluding hydrogens is 241 g/mol. The molecule has 0 rings (SSSR count). The minimum Gasteiger partial charge on any atom is -0.379 e. The van der Waals surface area contributed by atoms with Crippen LogP contribution >= 0.6 is 0 Å². The van der Waals surface area contributed by atoms with E-state index in [4.69, 9.17) is 4.74 Å². The van der Waals surface area contributed by atoms with Crippen molar-refractivity contribution in [2.75, 3.05) is 40.9 Å². The zero-order valence-electron chi connectivity index (χ0n) is 7.42. The number of ether oxygens (including phenoxy) is 1. The van der Waals surface area contributed by atoms with Crippen LogP contribution < -0.4 is 24.0 Å². The Bertz CT molecular complexity index is 76.0. The van der Waals surface area contributed by atoms with Crippen molar-refractivity contribution >= 4 is 0 Å². The van der Waals surface area contributed by atoms with E-state index in [-0.39, 0.29) is 24.0 Å². The smallest absolute Gasteiger partial charge is 0.235 e. The van der Waals surface area contributed by atoms with Crippen molar-refractivity contribution in [3.63, 3.8) is 0 Å². The number of hydrogen-bond acceptors (Lipinski definition) is 1. The van der Waals surface area contributed by atoms with Crippen molar-refractivity contribution in [2.45, 2.75) is 6.92 Å². The molecule has 0 fully saturated rings. The van der Waals surface area contributed by atoms with Crippen LogP contribution in [0.5, 0.6) is 0 Å².